The zero-order valence-electron chi connectivity index (χ0n) is 8.25. The summed E-state index contributed by atoms with van der Waals surface area (Å²) in [5, 5.41) is 0. The third-order valence-corrected chi connectivity index (χ3v) is 2.63. The zero-order valence-corrected chi connectivity index (χ0v) is 8.25. The lowest BCUT2D eigenvalue weighted by atomic mass is 10.0. The third-order valence-electron chi connectivity index (χ3n) is 2.63. The first-order chi connectivity index (χ1) is 5.65. The van der Waals surface area contributed by atoms with Crippen molar-refractivity contribution in [3.05, 3.63) is 0 Å². The molecule has 0 radical (unpaired) electrons. The molecule has 1 heterocycles. The van der Waals surface area contributed by atoms with E-state index >= 15 is 0 Å². The Labute approximate surface area is 74.6 Å². The maximum Gasteiger partial charge on any atom is 0.191 e. The molecule has 2 atom stereocenters. The van der Waals surface area contributed by atoms with Gasteiger partial charge in [-0.2, -0.15) is 0 Å². The van der Waals surface area contributed by atoms with Crippen LogP contribution in [-0.4, -0.2) is 30.5 Å². The van der Waals surface area contributed by atoms with E-state index in [-0.39, 0.29) is 0 Å². The fraction of sp³-hybridized carbons (Fsp3) is 0.889. The highest BCUT2D eigenvalue weighted by Crippen LogP contribution is 2.21. The summed E-state index contributed by atoms with van der Waals surface area (Å²) in [7, 11) is 0. The molecule has 3 nitrogen and oxygen atoms in total. The Kier molecular flexibility index (Phi) is 2.95. The van der Waals surface area contributed by atoms with Crippen LogP contribution in [0.4, 0.5) is 0 Å². The van der Waals surface area contributed by atoms with E-state index in [1.165, 1.54) is 0 Å². The Morgan fingerprint density at radius 2 is 1.92 bits per heavy atom. The SMILES string of the molecule is CCN=C(N)N1CC(C)C(C)C1. The predicted octanol–water partition coefficient (Wildman–Crippen LogP) is 0.909. The minimum absolute atomic E-state index is 0.716. The second kappa shape index (κ2) is 3.78. The number of hydrogen-bond acceptors (Lipinski definition) is 1. The highest BCUT2D eigenvalue weighted by atomic mass is 15.3. The molecular formula is C9H19N3. The number of guanidine groups is 1. The van der Waals surface area contributed by atoms with E-state index in [2.05, 4.69) is 23.7 Å². The first-order valence-corrected chi connectivity index (χ1v) is 4.70. The molecule has 1 aliphatic rings. The second-order valence-corrected chi connectivity index (χ2v) is 3.69. The van der Waals surface area contributed by atoms with Crippen LogP contribution in [0.3, 0.4) is 0 Å². The van der Waals surface area contributed by atoms with E-state index in [1.807, 2.05) is 6.92 Å². The summed E-state index contributed by atoms with van der Waals surface area (Å²) in [5.41, 5.74) is 5.79. The summed E-state index contributed by atoms with van der Waals surface area (Å²) < 4.78 is 0. The molecule has 3 heteroatoms. The van der Waals surface area contributed by atoms with Crippen LogP contribution in [0.25, 0.3) is 0 Å². The molecule has 0 aromatic heterocycles. The van der Waals surface area contributed by atoms with Gasteiger partial charge >= 0.3 is 0 Å². The van der Waals surface area contributed by atoms with Crippen molar-refractivity contribution in [3.63, 3.8) is 0 Å². The van der Waals surface area contributed by atoms with Crippen LogP contribution in [0.1, 0.15) is 20.8 Å². The van der Waals surface area contributed by atoms with Crippen molar-refractivity contribution in [1.82, 2.24) is 4.90 Å². The Bertz CT molecular complexity index is 167. The summed E-state index contributed by atoms with van der Waals surface area (Å²) in [6.45, 7) is 9.46. The largest absolute Gasteiger partial charge is 0.370 e. The summed E-state index contributed by atoms with van der Waals surface area (Å²) in [4.78, 5) is 6.38. The summed E-state index contributed by atoms with van der Waals surface area (Å²) in [6.07, 6.45) is 0. The molecule has 12 heavy (non-hydrogen) atoms. The lowest BCUT2D eigenvalue weighted by Gasteiger charge is -2.16. The minimum atomic E-state index is 0.716. The van der Waals surface area contributed by atoms with Gasteiger partial charge in [0.1, 0.15) is 0 Å². The van der Waals surface area contributed by atoms with Crippen molar-refractivity contribution in [2.75, 3.05) is 19.6 Å². The smallest absolute Gasteiger partial charge is 0.191 e. The maximum atomic E-state index is 5.79. The van der Waals surface area contributed by atoms with Crippen LogP contribution in [-0.2, 0) is 0 Å². The quantitative estimate of drug-likeness (QED) is 0.468. The average Bonchev–Trinajstić information content (AvgIpc) is 2.33. The van der Waals surface area contributed by atoms with Gasteiger partial charge in [0, 0.05) is 19.6 Å². The van der Waals surface area contributed by atoms with E-state index < -0.39 is 0 Å². The Morgan fingerprint density at radius 1 is 1.42 bits per heavy atom. The molecular weight excluding hydrogens is 150 g/mol. The molecule has 2 N–H and O–H groups in total. The number of nitrogens with two attached hydrogens (primary N) is 1. The van der Waals surface area contributed by atoms with Gasteiger partial charge in [-0.1, -0.05) is 13.8 Å². The van der Waals surface area contributed by atoms with Gasteiger partial charge in [0.25, 0.3) is 0 Å². The van der Waals surface area contributed by atoms with Crippen LogP contribution < -0.4 is 5.73 Å². The molecule has 0 amide bonds. The van der Waals surface area contributed by atoms with Gasteiger partial charge in [-0.3, -0.25) is 4.99 Å². The second-order valence-electron chi connectivity index (χ2n) is 3.69. The van der Waals surface area contributed by atoms with Crippen LogP contribution >= 0.6 is 0 Å². The standard InChI is InChI=1S/C9H19N3/c1-4-11-9(10)12-5-7(2)8(3)6-12/h7-8H,4-6H2,1-3H3,(H2,10,11). The molecule has 0 aliphatic carbocycles. The average molecular weight is 169 g/mol. The minimum Gasteiger partial charge on any atom is -0.370 e. The Morgan fingerprint density at radius 3 is 2.33 bits per heavy atom. The van der Waals surface area contributed by atoms with Crippen molar-refractivity contribution in [3.8, 4) is 0 Å². The molecule has 0 aromatic rings. The maximum absolute atomic E-state index is 5.79. The summed E-state index contributed by atoms with van der Waals surface area (Å²) in [5.74, 6) is 2.21. The zero-order chi connectivity index (χ0) is 9.14. The van der Waals surface area contributed by atoms with Crippen molar-refractivity contribution in [2.45, 2.75) is 20.8 Å². The van der Waals surface area contributed by atoms with E-state index in [0.717, 1.165) is 31.5 Å². The molecule has 1 fully saturated rings. The van der Waals surface area contributed by atoms with Crippen LogP contribution in [0.15, 0.2) is 4.99 Å². The molecule has 0 saturated carbocycles. The van der Waals surface area contributed by atoms with Gasteiger partial charge in [-0.15, -0.1) is 0 Å². The fourth-order valence-corrected chi connectivity index (χ4v) is 1.58. The van der Waals surface area contributed by atoms with E-state index in [1.54, 1.807) is 0 Å². The fourth-order valence-electron chi connectivity index (χ4n) is 1.58. The number of hydrogen-bond donors (Lipinski definition) is 1. The molecule has 70 valence electrons. The Hall–Kier alpha value is -0.730. The first kappa shape index (κ1) is 9.36. The van der Waals surface area contributed by atoms with Crippen molar-refractivity contribution in [2.24, 2.45) is 22.6 Å². The monoisotopic (exact) mass is 169 g/mol. The number of nitrogens with zero attached hydrogens (tertiary/aromatic N) is 2. The number of rotatable bonds is 1. The van der Waals surface area contributed by atoms with Crippen LogP contribution in [0, 0.1) is 11.8 Å². The molecule has 1 saturated heterocycles. The van der Waals surface area contributed by atoms with Gasteiger partial charge in [0.05, 0.1) is 0 Å². The Balaban J connectivity index is 2.51. The number of aliphatic imine (C=N–C) groups is 1. The van der Waals surface area contributed by atoms with Crippen LogP contribution in [0.2, 0.25) is 0 Å². The van der Waals surface area contributed by atoms with Crippen molar-refractivity contribution >= 4 is 5.96 Å². The van der Waals surface area contributed by atoms with E-state index in [9.17, 15) is 0 Å². The molecule has 1 rings (SSSR count). The van der Waals surface area contributed by atoms with Crippen molar-refractivity contribution < 1.29 is 0 Å². The predicted molar refractivity (Wildman–Crippen MR) is 52.1 cm³/mol. The van der Waals surface area contributed by atoms with Gasteiger partial charge in [-0.05, 0) is 18.8 Å². The molecule has 1 aliphatic heterocycles. The van der Waals surface area contributed by atoms with Gasteiger partial charge in [0.2, 0.25) is 0 Å². The number of likely N-dealkylation sites (tertiary alicyclic amines) is 1. The van der Waals surface area contributed by atoms with Gasteiger partial charge in [-0.25, -0.2) is 0 Å². The van der Waals surface area contributed by atoms with E-state index in [0.29, 0.717) is 5.96 Å². The molecule has 2 unspecified atom stereocenters. The normalized spacial score (nSPS) is 31.2. The molecule has 0 bridgehead atoms. The van der Waals surface area contributed by atoms with E-state index in [4.69, 9.17) is 5.73 Å². The van der Waals surface area contributed by atoms with Crippen molar-refractivity contribution in [1.29, 1.82) is 0 Å². The lowest BCUT2D eigenvalue weighted by molar-refractivity contribution is 0.486. The van der Waals surface area contributed by atoms with Gasteiger partial charge < -0.3 is 10.6 Å². The molecule has 0 spiro atoms. The molecule has 0 aromatic carbocycles. The highest BCUT2D eigenvalue weighted by Gasteiger charge is 2.26. The van der Waals surface area contributed by atoms with Gasteiger partial charge in [0.15, 0.2) is 5.96 Å². The summed E-state index contributed by atoms with van der Waals surface area (Å²) >= 11 is 0. The topological polar surface area (TPSA) is 41.6 Å². The lowest BCUT2D eigenvalue weighted by Crippen LogP contribution is -2.35. The third kappa shape index (κ3) is 1.90. The van der Waals surface area contributed by atoms with Crippen LogP contribution in [0.5, 0.6) is 0 Å². The summed E-state index contributed by atoms with van der Waals surface area (Å²) in [6, 6.07) is 0. The highest BCUT2D eigenvalue weighted by molar-refractivity contribution is 5.78. The first-order valence-electron chi connectivity index (χ1n) is 4.70.